The molecule has 0 aliphatic carbocycles. The normalized spacial score (nSPS) is 22.6. The number of nitrogens with zero attached hydrogens (tertiary/aromatic N) is 3. The van der Waals surface area contributed by atoms with Crippen molar-refractivity contribution in [1.82, 2.24) is 20.0 Å². The van der Waals surface area contributed by atoms with E-state index < -0.39 is 0 Å². The highest BCUT2D eigenvalue weighted by Crippen LogP contribution is 2.20. The lowest BCUT2D eigenvalue weighted by Gasteiger charge is -2.39. The Morgan fingerprint density at radius 3 is 3.00 bits per heavy atom. The van der Waals surface area contributed by atoms with Crippen LogP contribution in [0.3, 0.4) is 0 Å². The van der Waals surface area contributed by atoms with Crippen molar-refractivity contribution < 1.29 is 0 Å². The second-order valence-electron chi connectivity index (χ2n) is 5.64. The molecule has 0 radical (unpaired) electrons. The van der Waals surface area contributed by atoms with Crippen LogP contribution in [0, 0.1) is 0 Å². The van der Waals surface area contributed by atoms with E-state index in [4.69, 9.17) is 0 Å². The van der Waals surface area contributed by atoms with Gasteiger partial charge in [-0.25, -0.2) is 0 Å². The van der Waals surface area contributed by atoms with Crippen molar-refractivity contribution in [2.24, 2.45) is 7.05 Å². The van der Waals surface area contributed by atoms with Gasteiger partial charge in [0.2, 0.25) is 0 Å². The third-order valence-electron chi connectivity index (χ3n) is 4.35. The molecule has 0 aromatic carbocycles. The van der Waals surface area contributed by atoms with E-state index in [1.165, 1.54) is 31.5 Å². The molecule has 1 aromatic heterocycles. The number of nitrogens with one attached hydrogen (secondary N) is 1. The molecule has 4 heteroatoms. The molecule has 1 saturated heterocycles. The van der Waals surface area contributed by atoms with Gasteiger partial charge in [0.1, 0.15) is 0 Å². The minimum Gasteiger partial charge on any atom is -0.313 e. The molecule has 2 heterocycles. The predicted molar refractivity (Wildman–Crippen MR) is 79.3 cm³/mol. The minimum absolute atomic E-state index is 0.594. The van der Waals surface area contributed by atoms with E-state index in [0.29, 0.717) is 12.1 Å². The molecule has 19 heavy (non-hydrogen) atoms. The van der Waals surface area contributed by atoms with Gasteiger partial charge in [0, 0.05) is 44.0 Å². The molecule has 1 aliphatic rings. The van der Waals surface area contributed by atoms with E-state index in [1.54, 1.807) is 0 Å². The number of aromatic nitrogens is 2. The zero-order valence-corrected chi connectivity index (χ0v) is 12.6. The number of aryl methyl sites for hydroxylation is 1. The van der Waals surface area contributed by atoms with Crippen LogP contribution in [-0.4, -0.2) is 46.4 Å². The maximum atomic E-state index is 4.25. The number of hydrogen-bond acceptors (Lipinski definition) is 3. The molecule has 2 rings (SSSR count). The topological polar surface area (TPSA) is 33.1 Å². The molecule has 2 unspecified atom stereocenters. The molecule has 0 bridgehead atoms. The average Bonchev–Trinajstić information content (AvgIpc) is 2.82. The first-order chi connectivity index (χ1) is 9.22. The lowest BCUT2D eigenvalue weighted by atomic mass is 9.96. The molecule has 0 saturated carbocycles. The maximum Gasteiger partial charge on any atom is 0.0492 e. The lowest BCUT2D eigenvalue weighted by Crippen LogP contribution is -2.51. The second-order valence-corrected chi connectivity index (χ2v) is 5.64. The van der Waals surface area contributed by atoms with Crippen LogP contribution in [0.2, 0.25) is 0 Å². The summed E-state index contributed by atoms with van der Waals surface area (Å²) in [4.78, 5) is 2.67. The number of hydrogen-bond donors (Lipinski definition) is 1. The van der Waals surface area contributed by atoms with Crippen molar-refractivity contribution in [3.63, 3.8) is 0 Å². The van der Waals surface area contributed by atoms with Crippen LogP contribution >= 0.6 is 0 Å². The van der Waals surface area contributed by atoms with Gasteiger partial charge < -0.3 is 5.32 Å². The van der Waals surface area contributed by atoms with Crippen LogP contribution in [0.25, 0.3) is 0 Å². The van der Waals surface area contributed by atoms with Gasteiger partial charge in [0.25, 0.3) is 0 Å². The maximum absolute atomic E-state index is 4.25. The molecule has 2 atom stereocenters. The van der Waals surface area contributed by atoms with Crippen LogP contribution < -0.4 is 5.32 Å². The summed E-state index contributed by atoms with van der Waals surface area (Å²) in [6, 6.07) is 3.42. The smallest absolute Gasteiger partial charge is 0.0492 e. The van der Waals surface area contributed by atoms with Crippen LogP contribution in [0.4, 0.5) is 0 Å². The fourth-order valence-electron chi connectivity index (χ4n) is 3.22. The number of likely N-dealkylation sites (tertiary alicyclic amines) is 1. The largest absolute Gasteiger partial charge is 0.313 e. The first kappa shape index (κ1) is 14.5. The van der Waals surface area contributed by atoms with Gasteiger partial charge in [-0.3, -0.25) is 9.58 Å². The van der Waals surface area contributed by atoms with Crippen molar-refractivity contribution in [3.8, 4) is 0 Å². The van der Waals surface area contributed by atoms with Gasteiger partial charge in [-0.2, -0.15) is 5.10 Å². The second kappa shape index (κ2) is 7.06. The fraction of sp³-hybridized carbons (Fsp3) is 0.800. The molecule has 1 aliphatic heterocycles. The molecule has 108 valence electrons. The van der Waals surface area contributed by atoms with E-state index in [1.807, 2.05) is 17.9 Å². The summed E-state index contributed by atoms with van der Waals surface area (Å²) >= 11 is 0. The predicted octanol–water partition coefficient (Wildman–Crippen LogP) is 1.82. The van der Waals surface area contributed by atoms with E-state index in [9.17, 15) is 0 Å². The summed E-state index contributed by atoms with van der Waals surface area (Å²) in [6.07, 6.45) is 7.05. The van der Waals surface area contributed by atoms with Crippen LogP contribution in [0.1, 0.15) is 38.8 Å². The molecule has 1 fully saturated rings. The first-order valence-corrected chi connectivity index (χ1v) is 7.66. The highest BCUT2D eigenvalue weighted by atomic mass is 15.3. The molecule has 4 nitrogen and oxygen atoms in total. The summed E-state index contributed by atoms with van der Waals surface area (Å²) in [7, 11) is 2.03. The Labute approximate surface area is 117 Å². The van der Waals surface area contributed by atoms with Gasteiger partial charge in [-0.15, -0.1) is 0 Å². The van der Waals surface area contributed by atoms with E-state index in [-0.39, 0.29) is 0 Å². The highest BCUT2D eigenvalue weighted by molar-refractivity contribution is 5.01. The van der Waals surface area contributed by atoms with Crippen LogP contribution in [0.5, 0.6) is 0 Å². The van der Waals surface area contributed by atoms with Crippen LogP contribution in [-0.2, 0) is 13.5 Å². The van der Waals surface area contributed by atoms with Gasteiger partial charge in [0.05, 0.1) is 0 Å². The van der Waals surface area contributed by atoms with Crippen molar-refractivity contribution in [2.75, 3.05) is 19.6 Å². The molecule has 1 aromatic rings. The van der Waals surface area contributed by atoms with Gasteiger partial charge in [-0.1, -0.05) is 13.3 Å². The standard InChI is InChI=1S/C15H28N4/c1-4-16-13(2)15-7-5-6-11-19(15)12-9-14-8-10-17-18(14)3/h8,10,13,15-16H,4-7,9,11-12H2,1-3H3. The van der Waals surface area contributed by atoms with Crippen molar-refractivity contribution in [2.45, 2.75) is 51.6 Å². The Hall–Kier alpha value is -0.870. The molecule has 0 spiro atoms. The monoisotopic (exact) mass is 264 g/mol. The Kier molecular flexibility index (Phi) is 5.40. The minimum atomic E-state index is 0.594. The summed E-state index contributed by atoms with van der Waals surface area (Å²) in [5.41, 5.74) is 1.33. The summed E-state index contributed by atoms with van der Waals surface area (Å²) in [5.74, 6) is 0. The highest BCUT2D eigenvalue weighted by Gasteiger charge is 2.26. The average molecular weight is 264 g/mol. The fourth-order valence-corrected chi connectivity index (χ4v) is 3.22. The third-order valence-corrected chi connectivity index (χ3v) is 4.35. The van der Waals surface area contributed by atoms with Crippen LogP contribution in [0.15, 0.2) is 12.3 Å². The Balaban J connectivity index is 1.90. The quantitative estimate of drug-likeness (QED) is 0.851. The zero-order valence-electron chi connectivity index (χ0n) is 12.6. The molecule has 1 N–H and O–H groups in total. The summed E-state index contributed by atoms with van der Waals surface area (Å²) in [5, 5.41) is 7.84. The molecule has 0 amide bonds. The number of rotatable bonds is 6. The Morgan fingerprint density at radius 2 is 2.32 bits per heavy atom. The van der Waals surface area contributed by atoms with Crippen molar-refractivity contribution in [1.29, 1.82) is 0 Å². The van der Waals surface area contributed by atoms with Crippen molar-refractivity contribution >= 4 is 0 Å². The SMILES string of the molecule is CCNC(C)C1CCCCN1CCc1ccnn1C. The van der Waals surface area contributed by atoms with Crippen molar-refractivity contribution in [3.05, 3.63) is 18.0 Å². The number of piperidine rings is 1. The zero-order chi connectivity index (χ0) is 13.7. The Bertz CT molecular complexity index is 374. The van der Waals surface area contributed by atoms with Gasteiger partial charge in [0.15, 0.2) is 0 Å². The lowest BCUT2D eigenvalue weighted by molar-refractivity contribution is 0.120. The first-order valence-electron chi connectivity index (χ1n) is 7.66. The Morgan fingerprint density at radius 1 is 1.47 bits per heavy atom. The van der Waals surface area contributed by atoms with Gasteiger partial charge in [-0.05, 0) is 38.9 Å². The summed E-state index contributed by atoms with van der Waals surface area (Å²) < 4.78 is 1.99. The third kappa shape index (κ3) is 3.80. The number of likely N-dealkylation sites (N-methyl/N-ethyl adjacent to an activating group) is 1. The van der Waals surface area contributed by atoms with E-state index in [2.05, 4.69) is 35.2 Å². The molecular formula is C15H28N4. The molecular weight excluding hydrogens is 236 g/mol. The van der Waals surface area contributed by atoms with E-state index >= 15 is 0 Å². The van der Waals surface area contributed by atoms with E-state index in [0.717, 1.165) is 19.5 Å². The summed E-state index contributed by atoms with van der Waals surface area (Å²) in [6.45, 7) is 7.99. The van der Waals surface area contributed by atoms with Gasteiger partial charge >= 0.3 is 0 Å².